The van der Waals surface area contributed by atoms with E-state index in [0.717, 1.165) is 32.0 Å². The molecule has 1 saturated carbocycles. The molecule has 1 aromatic rings. The third-order valence-electron chi connectivity index (χ3n) is 3.49. The second-order valence-electron chi connectivity index (χ2n) is 4.90. The Hall–Kier alpha value is -0.680. The maximum Gasteiger partial charge on any atom is 0.126 e. The monoisotopic (exact) mass is 234 g/mol. The van der Waals surface area contributed by atoms with E-state index in [-0.39, 0.29) is 5.41 Å². The fourth-order valence-electron chi connectivity index (χ4n) is 2.18. The van der Waals surface area contributed by atoms with Gasteiger partial charge in [0.1, 0.15) is 6.29 Å². The van der Waals surface area contributed by atoms with Gasteiger partial charge in [-0.1, -0.05) is 31.5 Å². The molecule has 16 heavy (non-hydrogen) atoms. The first kappa shape index (κ1) is 11.8. The van der Waals surface area contributed by atoms with Gasteiger partial charge in [0.25, 0.3) is 0 Å². The average Bonchev–Trinajstić information content (AvgIpc) is 3.05. The minimum atomic E-state index is -0.0177. The second kappa shape index (κ2) is 4.67. The first-order chi connectivity index (χ1) is 7.71. The van der Waals surface area contributed by atoms with Crippen LogP contribution in [0.1, 0.15) is 37.3 Å². The Bertz CT molecular complexity index is 394. The molecule has 86 valence electrons. The van der Waals surface area contributed by atoms with Gasteiger partial charge in [0, 0.05) is 5.41 Å². The number of carbonyl (C=O) groups is 1. The van der Waals surface area contributed by atoms with E-state index in [9.17, 15) is 4.79 Å². The minimum absolute atomic E-state index is 0.0177. The molecule has 1 aliphatic rings. The van der Waals surface area contributed by atoms with Crippen LogP contribution in [-0.2, 0) is 17.6 Å². The van der Waals surface area contributed by atoms with Gasteiger partial charge < -0.3 is 4.79 Å². The second-order valence-corrected chi connectivity index (χ2v) is 5.47. The molecule has 0 N–H and O–H groups in total. The lowest BCUT2D eigenvalue weighted by Gasteiger charge is -2.13. The third kappa shape index (κ3) is 2.35. The number of benzene rings is 1. The molecule has 1 atom stereocenters. The number of rotatable bonds is 5. The number of aldehydes is 1. The largest absolute Gasteiger partial charge is 0.303 e. The van der Waals surface area contributed by atoms with Crippen molar-refractivity contribution in [3.05, 3.63) is 29.3 Å². The Morgan fingerprint density at radius 1 is 1.38 bits per heavy atom. The molecular weight excluding hydrogens is 215 g/mol. The van der Waals surface area contributed by atoms with Gasteiger partial charge in [0.05, 0.1) is 0 Å². The number of hydrogen-bond acceptors (Lipinski definition) is 1. The summed E-state index contributed by atoms with van der Waals surface area (Å²) in [5, 5.41) is 1.32. The number of aryl methyl sites for hydroxylation is 1. The smallest absolute Gasteiger partial charge is 0.126 e. The van der Waals surface area contributed by atoms with Crippen molar-refractivity contribution in [3.63, 3.8) is 0 Å². The molecule has 0 radical (unpaired) electrons. The van der Waals surface area contributed by atoms with Crippen molar-refractivity contribution in [1.82, 2.24) is 0 Å². The summed E-state index contributed by atoms with van der Waals surface area (Å²) in [5.74, 6) is 0. The summed E-state index contributed by atoms with van der Waals surface area (Å²) in [6.45, 7) is 2.20. The predicted molar refractivity (Wildman–Crippen MR) is 71.2 cm³/mol. The van der Waals surface area contributed by atoms with Crippen molar-refractivity contribution in [1.29, 1.82) is 0 Å². The Morgan fingerprint density at radius 2 is 2.06 bits per heavy atom. The van der Waals surface area contributed by atoms with E-state index in [1.54, 1.807) is 0 Å². The molecule has 1 aliphatic carbocycles. The van der Waals surface area contributed by atoms with Gasteiger partial charge in [-0.3, -0.25) is 0 Å². The Morgan fingerprint density at radius 3 is 2.62 bits per heavy atom. The SMILES string of the molecule is CCCc1cccc(CC2(C=O)CC2)c1P. The van der Waals surface area contributed by atoms with E-state index in [4.69, 9.17) is 0 Å². The summed E-state index contributed by atoms with van der Waals surface area (Å²) in [6.07, 6.45) is 6.51. The number of hydrogen-bond donors (Lipinski definition) is 0. The zero-order valence-corrected chi connectivity index (χ0v) is 11.0. The van der Waals surface area contributed by atoms with Gasteiger partial charge in [-0.05, 0) is 42.1 Å². The van der Waals surface area contributed by atoms with Gasteiger partial charge >= 0.3 is 0 Å². The zero-order chi connectivity index (χ0) is 11.6. The van der Waals surface area contributed by atoms with Crippen molar-refractivity contribution >= 4 is 20.8 Å². The van der Waals surface area contributed by atoms with Gasteiger partial charge in [-0.2, -0.15) is 0 Å². The van der Waals surface area contributed by atoms with Crippen LogP contribution in [-0.4, -0.2) is 6.29 Å². The maximum absolute atomic E-state index is 11.0. The van der Waals surface area contributed by atoms with E-state index < -0.39 is 0 Å². The molecule has 0 amide bonds. The van der Waals surface area contributed by atoms with Gasteiger partial charge in [-0.25, -0.2) is 0 Å². The molecule has 1 unspecified atom stereocenters. The van der Waals surface area contributed by atoms with Gasteiger partial charge in [0.15, 0.2) is 0 Å². The lowest BCUT2D eigenvalue weighted by molar-refractivity contribution is -0.112. The van der Waals surface area contributed by atoms with Crippen LogP contribution in [0, 0.1) is 5.41 Å². The van der Waals surface area contributed by atoms with Crippen LogP contribution in [0.5, 0.6) is 0 Å². The summed E-state index contributed by atoms with van der Waals surface area (Å²) >= 11 is 0. The molecule has 1 aromatic carbocycles. The zero-order valence-electron chi connectivity index (χ0n) is 9.83. The van der Waals surface area contributed by atoms with Crippen molar-refractivity contribution in [2.45, 2.75) is 39.0 Å². The molecule has 2 rings (SSSR count). The number of carbonyl (C=O) groups excluding carboxylic acids is 1. The van der Waals surface area contributed by atoms with E-state index in [1.807, 2.05) is 0 Å². The highest BCUT2D eigenvalue weighted by atomic mass is 31.0. The van der Waals surface area contributed by atoms with Crippen LogP contribution in [0.25, 0.3) is 0 Å². The highest BCUT2D eigenvalue weighted by Crippen LogP contribution is 2.46. The van der Waals surface area contributed by atoms with Gasteiger partial charge in [0.2, 0.25) is 0 Å². The van der Waals surface area contributed by atoms with Crippen molar-refractivity contribution in [2.24, 2.45) is 5.41 Å². The Labute approximate surface area is 99.8 Å². The lowest BCUT2D eigenvalue weighted by Crippen LogP contribution is -2.14. The summed E-state index contributed by atoms with van der Waals surface area (Å²) in [7, 11) is 2.85. The first-order valence-corrected chi connectivity index (χ1v) is 6.61. The molecular formula is C14H19OP. The fourth-order valence-corrected chi connectivity index (χ4v) is 2.62. The van der Waals surface area contributed by atoms with Crippen LogP contribution >= 0.6 is 9.24 Å². The molecule has 2 heteroatoms. The van der Waals surface area contributed by atoms with Crippen molar-refractivity contribution in [3.8, 4) is 0 Å². The standard InChI is InChI=1S/C14H19OP/c1-2-4-11-5-3-6-12(13(11)16)9-14(10-15)7-8-14/h3,5-6,10H,2,4,7-9,16H2,1H3. The average molecular weight is 234 g/mol. The van der Waals surface area contributed by atoms with Crippen LogP contribution < -0.4 is 5.30 Å². The normalized spacial score (nSPS) is 17.1. The Balaban J connectivity index is 2.21. The molecule has 1 fully saturated rings. The molecule has 0 bridgehead atoms. The molecule has 0 aromatic heterocycles. The quantitative estimate of drug-likeness (QED) is 0.565. The fraction of sp³-hybridized carbons (Fsp3) is 0.500. The van der Waals surface area contributed by atoms with Crippen molar-refractivity contribution in [2.75, 3.05) is 0 Å². The highest BCUT2D eigenvalue weighted by molar-refractivity contribution is 7.27. The summed E-state index contributed by atoms with van der Waals surface area (Å²) in [4.78, 5) is 11.0. The van der Waals surface area contributed by atoms with E-state index in [0.29, 0.717) is 0 Å². The third-order valence-corrected chi connectivity index (χ3v) is 4.23. The van der Waals surface area contributed by atoms with Gasteiger partial charge in [-0.15, -0.1) is 9.24 Å². The van der Waals surface area contributed by atoms with E-state index in [1.165, 1.54) is 22.9 Å². The summed E-state index contributed by atoms with van der Waals surface area (Å²) in [6, 6.07) is 6.47. The molecule has 0 heterocycles. The Kier molecular flexibility index (Phi) is 3.44. The summed E-state index contributed by atoms with van der Waals surface area (Å²) < 4.78 is 0. The van der Waals surface area contributed by atoms with Crippen LogP contribution in [0.4, 0.5) is 0 Å². The lowest BCUT2D eigenvalue weighted by atomic mass is 9.96. The molecule has 1 nitrogen and oxygen atoms in total. The maximum atomic E-state index is 11.0. The molecule has 0 saturated heterocycles. The minimum Gasteiger partial charge on any atom is -0.303 e. The highest BCUT2D eigenvalue weighted by Gasteiger charge is 2.42. The topological polar surface area (TPSA) is 17.1 Å². The summed E-state index contributed by atoms with van der Waals surface area (Å²) in [5.41, 5.74) is 2.73. The van der Waals surface area contributed by atoms with E-state index >= 15 is 0 Å². The predicted octanol–water partition coefficient (Wildman–Crippen LogP) is 2.66. The van der Waals surface area contributed by atoms with Crippen LogP contribution in [0.2, 0.25) is 0 Å². The van der Waals surface area contributed by atoms with Crippen LogP contribution in [0.15, 0.2) is 18.2 Å². The van der Waals surface area contributed by atoms with Crippen LogP contribution in [0.3, 0.4) is 0 Å². The van der Waals surface area contributed by atoms with E-state index in [2.05, 4.69) is 34.4 Å². The molecule has 0 aliphatic heterocycles. The van der Waals surface area contributed by atoms with Crippen molar-refractivity contribution < 1.29 is 4.79 Å². The first-order valence-electron chi connectivity index (χ1n) is 6.03. The molecule has 0 spiro atoms.